The van der Waals surface area contributed by atoms with Gasteiger partial charge >= 0.3 is 0 Å². The van der Waals surface area contributed by atoms with Crippen molar-refractivity contribution in [2.24, 2.45) is 0 Å². The lowest BCUT2D eigenvalue weighted by atomic mass is 10.3. The fourth-order valence-electron chi connectivity index (χ4n) is 1.32. The Kier molecular flexibility index (Phi) is 5.79. The van der Waals surface area contributed by atoms with Crippen molar-refractivity contribution in [2.45, 2.75) is 45.4 Å². The van der Waals surface area contributed by atoms with Crippen LogP contribution in [0.15, 0.2) is 0 Å². The highest BCUT2D eigenvalue weighted by molar-refractivity contribution is 6.41. The standard InChI is InChI=1S/C9H24N2Si/c1-6-10-8(11-7-2)12-9(3,4)5/h8,10-11H,6-7,12H2,1-5H3. The fraction of sp³-hybridized carbons (Fsp3) is 1.00. The second kappa shape index (κ2) is 5.73. The van der Waals surface area contributed by atoms with Gasteiger partial charge in [-0.05, 0) is 18.1 Å². The summed E-state index contributed by atoms with van der Waals surface area (Å²) in [5.41, 5.74) is 0. The van der Waals surface area contributed by atoms with Gasteiger partial charge in [-0.25, -0.2) is 0 Å². The average molecular weight is 188 g/mol. The fourth-order valence-corrected chi connectivity index (χ4v) is 3.41. The molecule has 0 aromatic rings. The largest absolute Gasteiger partial charge is 0.306 e. The lowest BCUT2D eigenvalue weighted by Crippen LogP contribution is -2.49. The normalized spacial score (nSPS) is 13.5. The first-order chi connectivity index (χ1) is 5.49. The molecule has 0 amide bonds. The molecule has 0 fully saturated rings. The molecule has 0 aromatic heterocycles. The monoisotopic (exact) mass is 188 g/mol. The maximum Gasteiger partial charge on any atom is 0.0644 e. The van der Waals surface area contributed by atoms with Gasteiger partial charge in [0, 0.05) is 5.79 Å². The SMILES string of the molecule is CCNC(NCC)[SiH2]C(C)(C)C. The van der Waals surface area contributed by atoms with Gasteiger partial charge in [0.15, 0.2) is 0 Å². The molecule has 0 aromatic carbocycles. The van der Waals surface area contributed by atoms with Crippen molar-refractivity contribution >= 4 is 9.52 Å². The Morgan fingerprint density at radius 1 is 1.08 bits per heavy atom. The quantitative estimate of drug-likeness (QED) is 0.494. The Hall–Kier alpha value is 0.137. The Morgan fingerprint density at radius 2 is 1.50 bits per heavy atom. The van der Waals surface area contributed by atoms with Crippen LogP contribution in [0.3, 0.4) is 0 Å². The van der Waals surface area contributed by atoms with Crippen molar-refractivity contribution < 1.29 is 0 Å². The van der Waals surface area contributed by atoms with Crippen LogP contribution in [0, 0.1) is 0 Å². The number of hydrogen-bond acceptors (Lipinski definition) is 2. The Labute approximate surface area is 79.3 Å². The molecular weight excluding hydrogens is 164 g/mol. The van der Waals surface area contributed by atoms with Crippen LogP contribution in [0.25, 0.3) is 0 Å². The van der Waals surface area contributed by atoms with E-state index in [-0.39, 0.29) is 9.52 Å². The van der Waals surface area contributed by atoms with Crippen LogP contribution >= 0.6 is 0 Å². The summed E-state index contributed by atoms with van der Waals surface area (Å²) in [5.74, 6) is 0.611. The number of hydrogen-bond donors (Lipinski definition) is 2. The Morgan fingerprint density at radius 3 is 1.75 bits per heavy atom. The maximum absolute atomic E-state index is 3.49. The third-order valence-corrected chi connectivity index (χ3v) is 3.93. The highest BCUT2D eigenvalue weighted by Crippen LogP contribution is 2.20. The van der Waals surface area contributed by atoms with E-state index in [9.17, 15) is 0 Å². The zero-order valence-corrected chi connectivity index (χ0v) is 10.6. The highest BCUT2D eigenvalue weighted by atomic mass is 28.2. The minimum atomic E-state index is -0.0806. The first kappa shape index (κ1) is 12.1. The zero-order chi connectivity index (χ0) is 9.61. The summed E-state index contributed by atoms with van der Waals surface area (Å²) < 4.78 is 0. The van der Waals surface area contributed by atoms with Crippen LogP contribution in [0.4, 0.5) is 0 Å². The molecular formula is C9H24N2Si. The first-order valence-corrected chi connectivity index (χ1v) is 6.48. The van der Waals surface area contributed by atoms with E-state index in [4.69, 9.17) is 0 Å². The molecule has 0 aliphatic carbocycles. The van der Waals surface area contributed by atoms with Gasteiger partial charge in [0.25, 0.3) is 0 Å². The van der Waals surface area contributed by atoms with Crippen LogP contribution in [-0.4, -0.2) is 28.4 Å². The minimum absolute atomic E-state index is 0.0806. The molecule has 0 aliphatic heterocycles. The third kappa shape index (κ3) is 6.82. The molecule has 0 spiro atoms. The summed E-state index contributed by atoms with van der Waals surface area (Å²) in [6.45, 7) is 13.5. The van der Waals surface area contributed by atoms with Gasteiger partial charge in [0.2, 0.25) is 0 Å². The van der Waals surface area contributed by atoms with Gasteiger partial charge in [-0.1, -0.05) is 34.6 Å². The van der Waals surface area contributed by atoms with Gasteiger partial charge in [0.05, 0.1) is 9.52 Å². The predicted octanol–water partition coefficient (Wildman–Crippen LogP) is 0.876. The first-order valence-electron chi connectivity index (χ1n) is 4.96. The van der Waals surface area contributed by atoms with Crippen LogP contribution in [0.1, 0.15) is 34.6 Å². The van der Waals surface area contributed by atoms with E-state index in [0.29, 0.717) is 10.8 Å². The average Bonchev–Trinajstić information content (AvgIpc) is 1.84. The minimum Gasteiger partial charge on any atom is -0.306 e. The summed E-state index contributed by atoms with van der Waals surface area (Å²) in [4.78, 5) is 0. The lowest BCUT2D eigenvalue weighted by molar-refractivity contribution is 0.542. The van der Waals surface area contributed by atoms with Crippen molar-refractivity contribution in [3.63, 3.8) is 0 Å². The van der Waals surface area contributed by atoms with Gasteiger partial charge in [-0.2, -0.15) is 0 Å². The van der Waals surface area contributed by atoms with Gasteiger partial charge < -0.3 is 10.6 Å². The molecule has 0 radical (unpaired) electrons. The topological polar surface area (TPSA) is 24.1 Å². The van der Waals surface area contributed by atoms with Crippen LogP contribution in [0.5, 0.6) is 0 Å². The Bertz CT molecular complexity index is 104. The van der Waals surface area contributed by atoms with E-state index in [1.807, 2.05) is 0 Å². The molecule has 2 N–H and O–H groups in total. The van der Waals surface area contributed by atoms with Gasteiger partial charge in [0.1, 0.15) is 0 Å². The number of nitrogens with one attached hydrogen (secondary N) is 2. The van der Waals surface area contributed by atoms with E-state index < -0.39 is 0 Å². The molecule has 0 aliphatic rings. The van der Waals surface area contributed by atoms with Crippen molar-refractivity contribution in [3.05, 3.63) is 0 Å². The molecule has 12 heavy (non-hydrogen) atoms. The van der Waals surface area contributed by atoms with E-state index in [2.05, 4.69) is 45.3 Å². The second-order valence-electron chi connectivity index (χ2n) is 4.43. The predicted molar refractivity (Wildman–Crippen MR) is 59.4 cm³/mol. The van der Waals surface area contributed by atoms with E-state index in [1.54, 1.807) is 0 Å². The highest BCUT2D eigenvalue weighted by Gasteiger charge is 2.17. The van der Waals surface area contributed by atoms with Crippen molar-refractivity contribution in [3.8, 4) is 0 Å². The lowest BCUT2D eigenvalue weighted by Gasteiger charge is -2.26. The third-order valence-electron chi connectivity index (χ3n) is 1.72. The van der Waals surface area contributed by atoms with E-state index in [0.717, 1.165) is 13.1 Å². The van der Waals surface area contributed by atoms with Crippen LogP contribution in [-0.2, 0) is 0 Å². The molecule has 3 heteroatoms. The number of rotatable bonds is 5. The summed E-state index contributed by atoms with van der Waals surface area (Å²) in [6.07, 6.45) is 0. The van der Waals surface area contributed by atoms with Crippen LogP contribution in [0.2, 0.25) is 5.04 Å². The second-order valence-corrected chi connectivity index (χ2v) is 7.78. The smallest absolute Gasteiger partial charge is 0.0644 e. The van der Waals surface area contributed by atoms with E-state index in [1.165, 1.54) is 0 Å². The summed E-state index contributed by atoms with van der Waals surface area (Å²) in [6, 6.07) is 0. The van der Waals surface area contributed by atoms with Gasteiger partial charge in [-0.3, -0.25) is 0 Å². The molecule has 2 nitrogen and oxygen atoms in total. The molecule has 74 valence electrons. The zero-order valence-electron chi connectivity index (χ0n) is 9.20. The Balaban J connectivity index is 3.77. The summed E-state index contributed by atoms with van der Waals surface area (Å²) in [7, 11) is -0.0806. The molecule has 0 rings (SSSR count). The van der Waals surface area contributed by atoms with Gasteiger partial charge in [-0.15, -0.1) is 0 Å². The van der Waals surface area contributed by atoms with Crippen LogP contribution < -0.4 is 10.6 Å². The molecule has 0 unspecified atom stereocenters. The van der Waals surface area contributed by atoms with Crippen molar-refractivity contribution in [1.82, 2.24) is 10.6 Å². The molecule has 0 atom stereocenters. The molecule has 0 saturated heterocycles. The molecule has 0 bridgehead atoms. The van der Waals surface area contributed by atoms with E-state index >= 15 is 0 Å². The summed E-state index contributed by atoms with van der Waals surface area (Å²) >= 11 is 0. The maximum atomic E-state index is 3.49. The van der Waals surface area contributed by atoms with Crippen molar-refractivity contribution in [1.29, 1.82) is 0 Å². The summed E-state index contributed by atoms with van der Waals surface area (Å²) in [5, 5.41) is 7.52. The molecule has 0 heterocycles. The molecule has 0 saturated carbocycles. The van der Waals surface area contributed by atoms with Crippen molar-refractivity contribution in [2.75, 3.05) is 13.1 Å².